The van der Waals surface area contributed by atoms with E-state index >= 15 is 0 Å². The van der Waals surface area contributed by atoms with Gasteiger partial charge in [0.05, 0.1) is 16.1 Å². The van der Waals surface area contributed by atoms with E-state index in [1.807, 2.05) is 30.3 Å². The van der Waals surface area contributed by atoms with E-state index in [4.69, 9.17) is 15.2 Å². The second-order valence-corrected chi connectivity index (χ2v) is 8.39. The van der Waals surface area contributed by atoms with Crippen LogP contribution in [-0.4, -0.2) is 39.7 Å². The third-order valence-electron chi connectivity index (χ3n) is 4.31. The molecular weight excluding hydrogens is 465 g/mol. The summed E-state index contributed by atoms with van der Waals surface area (Å²) in [5.41, 5.74) is 4.55. The number of hydrogen-bond donors (Lipinski definition) is 3. The number of nitrogens with one attached hydrogen (secondary N) is 2. The van der Waals surface area contributed by atoms with Crippen LogP contribution in [0.3, 0.4) is 0 Å². The van der Waals surface area contributed by atoms with Gasteiger partial charge in [0.2, 0.25) is 0 Å². The van der Waals surface area contributed by atoms with E-state index in [1.165, 1.54) is 11.8 Å². The second kappa shape index (κ2) is 9.88. The molecule has 1 aliphatic rings. The number of amides is 1. The van der Waals surface area contributed by atoms with Crippen molar-refractivity contribution in [3.05, 3.63) is 52.7 Å². The standard InChI is InChI=1S/C18H14N4OS2.C2HF3O2/c19-10-24-9-12-1-2-17(25-12)16-7-11(3-5-20-16)15-8-13-14(22-15)4-6-21-18(13)23;3-2(4,5)1(6)7/h1-3,5,7-8,22H,4,6,9H2,(H,21,23);(H,6,7). The molecule has 0 radical (unpaired) electrons. The predicted molar refractivity (Wildman–Crippen MR) is 114 cm³/mol. The van der Waals surface area contributed by atoms with Crippen LogP contribution >= 0.6 is 23.1 Å². The van der Waals surface area contributed by atoms with Gasteiger partial charge in [0.15, 0.2) is 0 Å². The van der Waals surface area contributed by atoms with Gasteiger partial charge in [-0.3, -0.25) is 9.78 Å². The van der Waals surface area contributed by atoms with Crippen LogP contribution in [0.4, 0.5) is 13.2 Å². The van der Waals surface area contributed by atoms with Crippen molar-refractivity contribution in [2.24, 2.45) is 0 Å². The first-order valence-electron chi connectivity index (χ1n) is 9.05. The molecule has 0 fully saturated rings. The van der Waals surface area contributed by atoms with E-state index < -0.39 is 12.1 Å². The summed E-state index contributed by atoms with van der Waals surface area (Å²) in [4.78, 5) is 30.9. The average Bonchev–Trinajstić information content (AvgIpc) is 3.40. The second-order valence-electron chi connectivity index (χ2n) is 6.46. The Balaban J connectivity index is 0.000000360. The van der Waals surface area contributed by atoms with Crippen LogP contribution < -0.4 is 5.32 Å². The highest BCUT2D eigenvalue weighted by Gasteiger charge is 2.38. The zero-order chi connectivity index (χ0) is 23.3. The number of H-pyrrole nitrogens is 1. The van der Waals surface area contributed by atoms with E-state index in [-0.39, 0.29) is 5.91 Å². The van der Waals surface area contributed by atoms with E-state index in [0.717, 1.165) is 44.4 Å². The highest BCUT2D eigenvalue weighted by molar-refractivity contribution is 8.03. The molecule has 0 atom stereocenters. The number of halogens is 3. The van der Waals surface area contributed by atoms with E-state index in [1.54, 1.807) is 17.5 Å². The van der Waals surface area contributed by atoms with Gasteiger partial charge >= 0.3 is 12.1 Å². The first-order valence-corrected chi connectivity index (χ1v) is 10.9. The van der Waals surface area contributed by atoms with Gasteiger partial charge in [-0.15, -0.1) is 11.3 Å². The molecule has 3 aromatic heterocycles. The SMILES string of the molecule is N#CSCc1ccc(-c2cc(-c3cc4c([nH]3)CCNC4=O)ccn2)s1.O=C(O)C(F)(F)F. The molecular formula is C20H15F3N4O3S2. The van der Waals surface area contributed by atoms with Gasteiger partial charge in [0, 0.05) is 46.7 Å². The third-order valence-corrected chi connectivity index (χ3v) is 6.19. The molecule has 4 heterocycles. The van der Waals surface area contributed by atoms with Gasteiger partial charge < -0.3 is 15.4 Å². The molecule has 4 rings (SSSR count). The minimum atomic E-state index is -5.08. The molecule has 1 aliphatic heterocycles. The summed E-state index contributed by atoms with van der Waals surface area (Å²) in [6, 6.07) is 9.96. The van der Waals surface area contributed by atoms with Crippen molar-refractivity contribution in [3.63, 3.8) is 0 Å². The Bertz CT molecular complexity index is 1180. The fourth-order valence-electron chi connectivity index (χ4n) is 2.88. The summed E-state index contributed by atoms with van der Waals surface area (Å²) in [5.74, 6) is -2.08. The number of thiophene rings is 1. The molecule has 3 aromatic rings. The normalized spacial score (nSPS) is 12.8. The molecule has 0 aromatic carbocycles. The maximum Gasteiger partial charge on any atom is 0.490 e. The maximum absolute atomic E-state index is 11.9. The lowest BCUT2D eigenvalue weighted by molar-refractivity contribution is -0.192. The number of carboxylic acid groups (broad SMARTS) is 1. The van der Waals surface area contributed by atoms with Crippen LogP contribution in [0.5, 0.6) is 0 Å². The fourth-order valence-corrected chi connectivity index (χ4v) is 4.36. The Morgan fingerprint density at radius 1 is 1.31 bits per heavy atom. The summed E-state index contributed by atoms with van der Waals surface area (Å²) < 4.78 is 31.7. The molecule has 0 saturated carbocycles. The quantitative estimate of drug-likeness (QED) is 0.475. The zero-order valence-electron chi connectivity index (χ0n) is 16.2. The first kappa shape index (κ1) is 23.4. The number of hydrogen-bond acceptors (Lipinski definition) is 6. The van der Waals surface area contributed by atoms with Crippen molar-refractivity contribution in [3.8, 4) is 27.2 Å². The van der Waals surface area contributed by atoms with E-state index in [2.05, 4.69) is 20.7 Å². The summed E-state index contributed by atoms with van der Waals surface area (Å²) in [6.45, 7) is 0.673. The molecule has 3 N–H and O–H groups in total. The number of aromatic amines is 1. The predicted octanol–water partition coefficient (Wildman–Crippen LogP) is 4.44. The molecule has 0 spiro atoms. The number of rotatable bonds is 4. The number of nitrogens with zero attached hydrogens (tertiary/aromatic N) is 2. The number of carbonyl (C=O) groups excluding carboxylic acids is 1. The van der Waals surface area contributed by atoms with Crippen molar-refractivity contribution >= 4 is 35.0 Å². The molecule has 7 nitrogen and oxygen atoms in total. The highest BCUT2D eigenvalue weighted by atomic mass is 32.2. The zero-order valence-corrected chi connectivity index (χ0v) is 17.8. The van der Waals surface area contributed by atoms with Crippen LogP contribution in [0.15, 0.2) is 36.5 Å². The van der Waals surface area contributed by atoms with Crippen LogP contribution in [-0.2, 0) is 17.0 Å². The number of pyridine rings is 1. The molecule has 166 valence electrons. The van der Waals surface area contributed by atoms with Gasteiger partial charge in [-0.05, 0) is 42.1 Å². The Labute approximate surface area is 188 Å². The Morgan fingerprint density at radius 3 is 2.72 bits per heavy atom. The van der Waals surface area contributed by atoms with Crippen LogP contribution in [0.1, 0.15) is 20.9 Å². The van der Waals surface area contributed by atoms with Crippen molar-refractivity contribution < 1.29 is 27.9 Å². The Hall–Kier alpha value is -3.30. The average molecular weight is 480 g/mol. The number of fused-ring (bicyclic) bond motifs is 1. The smallest absolute Gasteiger partial charge is 0.475 e. The lowest BCUT2D eigenvalue weighted by Crippen LogP contribution is -2.31. The Morgan fingerprint density at radius 2 is 2.06 bits per heavy atom. The van der Waals surface area contributed by atoms with Crippen molar-refractivity contribution in [1.29, 1.82) is 5.26 Å². The maximum atomic E-state index is 11.9. The lowest BCUT2D eigenvalue weighted by atomic mass is 10.1. The number of nitriles is 1. The number of carbonyl (C=O) groups is 2. The molecule has 0 bridgehead atoms. The van der Waals surface area contributed by atoms with E-state index in [9.17, 15) is 18.0 Å². The highest BCUT2D eigenvalue weighted by Crippen LogP contribution is 2.32. The first-order chi connectivity index (χ1) is 15.2. The summed E-state index contributed by atoms with van der Waals surface area (Å²) >= 11 is 2.89. The minimum absolute atomic E-state index is 0.0177. The summed E-state index contributed by atoms with van der Waals surface area (Å²) in [5, 5.41) is 20.8. The topological polar surface area (TPSA) is 119 Å². The molecule has 32 heavy (non-hydrogen) atoms. The Kier molecular flexibility index (Phi) is 7.22. The number of alkyl halides is 3. The van der Waals surface area contributed by atoms with Gasteiger partial charge in [-0.1, -0.05) is 0 Å². The molecule has 0 saturated heterocycles. The molecule has 12 heteroatoms. The van der Waals surface area contributed by atoms with Crippen molar-refractivity contribution in [2.75, 3.05) is 6.54 Å². The molecule has 0 aliphatic carbocycles. The van der Waals surface area contributed by atoms with Crippen LogP contribution in [0, 0.1) is 10.7 Å². The van der Waals surface area contributed by atoms with E-state index in [0.29, 0.717) is 12.3 Å². The van der Waals surface area contributed by atoms with Crippen LogP contribution in [0.25, 0.3) is 21.8 Å². The van der Waals surface area contributed by atoms with Gasteiger partial charge in [-0.25, -0.2) is 4.79 Å². The molecule has 0 unspecified atom stereocenters. The van der Waals surface area contributed by atoms with Crippen molar-refractivity contribution in [1.82, 2.24) is 15.3 Å². The summed E-state index contributed by atoms with van der Waals surface area (Å²) in [6.07, 6.45) is -2.47. The minimum Gasteiger partial charge on any atom is -0.475 e. The van der Waals surface area contributed by atoms with Crippen molar-refractivity contribution in [2.45, 2.75) is 18.3 Å². The monoisotopic (exact) mass is 480 g/mol. The number of aromatic nitrogens is 2. The lowest BCUT2D eigenvalue weighted by Gasteiger charge is -2.10. The number of carboxylic acids is 1. The number of thiocyanates is 1. The molecule has 1 amide bonds. The number of thioether (sulfide) groups is 1. The fraction of sp³-hybridized carbons (Fsp3) is 0.200. The van der Waals surface area contributed by atoms with Gasteiger partial charge in [-0.2, -0.15) is 18.4 Å². The number of aliphatic carboxylic acids is 1. The third kappa shape index (κ3) is 5.68. The summed E-state index contributed by atoms with van der Waals surface area (Å²) in [7, 11) is 0. The van der Waals surface area contributed by atoms with Crippen LogP contribution in [0.2, 0.25) is 0 Å². The van der Waals surface area contributed by atoms with Gasteiger partial charge in [0.25, 0.3) is 5.91 Å². The largest absolute Gasteiger partial charge is 0.490 e. The van der Waals surface area contributed by atoms with Gasteiger partial charge in [0.1, 0.15) is 5.40 Å².